The van der Waals surface area contributed by atoms with E-state index in [1.54, 1.807) is 6.92 Å². The van der Waals surface area contributed by atoms with E-state index < -0.39 is 25.6 Å². The van der Waals surface area contributed by atoms with Crippen LogP contribution in [0.15, 0.2) is 41.3 Å². The largest absolute Gasteiger partial charge is 0.497 e. The van der Waals surface area contributed by atoms with Gasteiger partial charge in [0, 0.05) is 5.02 Å². The first-order chi connectivity index (χ1) is 10.7. The molecule has 23 heavy (non-hydrogen) atoms. The van der Waals surface area contributed by atoms with Gasteiger partial charge in [0.1, 0.15) is 11.5 Å². The van der Waals surface area contributed by atoms with Crippen LogP contribution in [0.4, 0.5) is 5.69 Å². The fourth-order valence-electron chi connectivity index (χ4n) is 1.82. The Hall–Kier alpha value is -2.32. The molecule has 0 radical (unpaired) electrons. The van der Waals surface area contributed by atoms with E-state index in [0.29, 0.717) is 10.6 Å². The standard InChI is InChI=1S/C14H12ClNO6S/c1-9-7-11(3-5-12(9)15)22-23(19,20)14-6-4-10(21-2)8-13(14)16(17)18/h3-8H,1-2H3. The summed E-state index contributed by atoms with van der Waals surface area (Å²) in [6, 6.07) is 7.65. The summed E-state index contributed by atoms with van der Waals surface area (Å²) in [4.78, 5) is 9.73. The number of ether oxygens (including phenoxy) is 1. The molecule has 0 amide bonds. The molecule has 0 N–H and O–H groups in total. The van der Waals surface area contributed by atoms with E-state index in [4.69, 9.17) is 20.5 Å². The molecule has 0 aliphatic carbocycles. The molecule has 0 aliphatic rings. The Morgan fingerprint density at radius 1 is 1.13 bits per heavy atom. The van der Waals surface area contributed by atoms with Crippen molar-refractivity contribution in [2.24, 2.45) is 0 Å². The SMILES string of the molecule is COc1ccc(S(=O)(=O)Oc2ccc(Cl)c(C)c2)c([N+](=O)[O-])c1. The van der Waals surface area contributed by atoms with Gasteiger partial charge < -0.3 is 8.92 Å². The Kier molecular flexibility index (Phi) is 4.76. The maximum Gasteiger partial charge on any atom is 0.346 e. The highest BCUT2D eigenvalue weighted by Gasteiger charge is 2.28. The molecular formula is C14H12ClNO6S. The minimum atomic E-state index is -4.38. The summed E-state index contributed by atoms with van der Waals surface area (Å²) < 4.78 is 34.5. The van der Waals surface area contributed by atoms with Crippen LogP contribution in [0.1, 0.15) is 5.56 Å². The zero-order valence-electron chi connectivity index (χ0n) is 12.1. The third-order valence-electron chi connectivity index (χ3n) is 2.97. The first-order valence-corrected chi connectivity index (χ1v) is 8.06. The average Bonchev–Trinajstić information content (AvgIpc) is 2.50. The van der Waals surface area contributed by atoms with Gasteiger partial charge in [-0.3, -0.25) is 10.1 Å². The monoisotopic (exact) mass is 357 g/mol. The second-order valence-electron chi connectivity index (χ2n) is 4.54. The zero-order chi connectivity index (χ0) is 17.2. The number of nitro benzene ring substituents is 1. The molecule has 0 heterocycles. The molecule has 9 heteroatoms. The van der Waals surface area contributed by atoms with Gasteiger partial charge in [-0.15, -0.1) is 0 Å². The van der Waals surface area contributed by atoms with Crippen molar-refractivity contribution in [2.75, 3.05) is 7.11 Å². The van der Waals surface area contributed by atoms with Crippen LogP contribution >= 0.6 is 11.6 Å². The lowest BCUT2D eigenvalue weighted by Gasteiger charge is -2.09. The van der Waals surface area contributed by atoms with Crippen molar-refractivity contribution < 1.29 is 22.3 Å². The number of hydrogen-bond acceptors (Lipinski definition) is 6. The third kappa shape index (κ3) is 3.72. The lowest BCUT2D eigenvalue weighted by atomic mass is 10.2. The molecule has 0 aliphatic heterocycles. The highest BCUT2D eigenvalue weighted by atomic mass is 35.5. The molecule has 0 fully saturated rings. The van der Waals surface area contributed by atoms with Crippen LogP contribution in [-0.2, 0) is 10.1 Å². The Morgan fingerprint density at radius 3 is 2.35 bits per heavy atom. The van der Waals surface area contributed by atoms with E-state index in [0.717, 1.165) is 12.1 Å². The summed E-state index contributed by atoms with van der Waals surface area (Å²) in [5.74, 6) is 0.176. The molecule has 122 valence electrons. The lowest BCUT2D eigenvalue weighted by molar-refractivity contribution is -0.388. The van der Waals surface area contributed by atoms with E-state index >= 15 is 0 Å². The fourth-order valence-corrected chi connectivity index (χ4v) is 3.01. The van der Waals surface area contributed by atoms with Crippen LogP contribution in [0.2, 0.25) is 5.02 Å². The molecule has 0 spiro atoms. The Morgan fingerprint density at radius 2 is 1.78 bits per heavy atom. The van der Waals surface area contributed by atoms with Crippen LogP contribution in [-0.4, -0.2) is 20.5 Å². The molecule has 2 aromatic carbocycles. The Bertz CT molecular complexity index is 866. The predicted molar refractivity (Wildman–Crippen MR) is 83.7 cm³/mol. The van der Waals surface area contributed by atoms with Gasteiger partial charge >= 0.3 is 10.1 Å². The number of halogens is 1. The number of nitrogens with zero attached hydrogens (tertiary/aromatic N) is 1. The molecule has 0 aromatic heterocycles. The molecule has 0 saturated carbocycles. The van der Waals surface area contributed by atoms with E-state index in [2.05, 4.69) is 0 Å². The molecule has 0 bridgehead atoms. The molecule has 7 nitrogen and oxygen atoms in total. The molecule has 0 unspecified atom stereocenters. The van der Waals surface area contributed by atoms with Crippen molar-refractivity contribution in [3.05, 3.63) is 57.1 Å². The van der Waals surface area contributed by atoms with Gasteiger partial charge in [0.15, 0.2) is 4.90 Å². The van der Waals surface area contributed by atoms with Gasteiger partial charge in [0.25, 0.3) is 5.69 Å². The van der Waals surface area contributed by atoms with Crippen LogP contribution in [0, 0.1) is 17.0 Å². The van der Waals surface area contributed by atoms with Crippen LogP contribution in [0.5, 0.6) is 11.5 Å². The molecule has 0 saturated heterocycles. The fraction of sp³-hybridized carbons (Fsp3) is 0.143. The lowest BCUT2D eigenvalue weighted by Crippen LogP contribution is -2.12. The smallest absolute Gasteiger partial charge is 0.346 e. The Balaban J connectivity index is 2.47. The number of benzene rings is 2. The summed E-state index contributed by atoms with van der Waals surface area (Å²) >= 11 is 5.86. The van der Waals surface area contributed by atoms with Crippen LogP contribution in [0.25, 0.3) is 0 Å². The maximum absolute atomic E-state index is 12.3. The first-order valence-electron chi connectivity index (χ1n) is 6.27. The predicted octanol–water partition coefficient (Wildman–Crippen LogP) is 3.33. The number of nitro groups is 1. The molecule has 0 atom stereocenters. The van der Waals surface area contributed by atoms with Crippen molar-refractivity contribution in [3.63, 3.8) is 0 Å². The molecular weight excluding hydrogens is 346 g/mol. The zero-order valence-corrected chi connectivity index (χ0v) is 13.7. The van der Waals surface area contributed by atoms with E-state index in [1.807, 2.05) is 0 Å². The van der Waals surface area contributed by atoms with Crippen molar-refractivity contribution in [2.45, 2.75) is 11.8 Å². The van der Waals surface area contributed by atoms with Crippen LogP contribution < -0.4 is 8.92 Å². The quantitative estimate of drug-likeness (QED) is 0.462. The van der Waals surface area contributed by atoms with Crippen molar-refractivity contribution in [1.82, 2.24) is 0 Å². The van der Waals surface area contributed by atoms with Gasteiger partial charge in [-0.25, -0.2) is 0 Å². The normalized spacial score (nSPS) is 11.1. The van der Waals surface area contributed by atoms with Crippen LogP contribution in [0.3, 0.4) is 0 Å². The summed E-state index contributed by atoms with van der Waals surface area (Å²) in [6.45, 7) is 1.68. The van der Waals surface area contributed by atoms with E-state index in [1.165, 1.54) is 31.4 Å². The topological polar surface area (TPSA) is 95.7 Å². The summed E-state index contributed by atoms with van der Waals surface area (Å²) in [6.07, 6.45) is 0. The first kappa shape index (κ1) is 17.0. The second-order valence-corrected chi connectivity index (χ2v) is 6.46. The van der Waals surface area contributed by atoms with Gasteiger partial charge in [0.2, 0.25) is 0 Å². The summed E-state index contributed by atoms with van der Waals surface area (Å²) in [5.41, 5.74) is -0.0152. The van der Waals surface area contributed by atoms with Crippen molar-refractivity contribution in [3.8, 4) is 11.5 Å². The minimum absolute atomic E-state index is 0.0111. The van der Waals surface area contributed by atoms with Gasteiger partial charge in [-0.1, -0.05) is 11.6 Å². The van der Waals surface area contributed by atoms with Crippen molar-refractivity contribution in [1.29, 1.82) is 0 Å². The second kappa shape index (κ2) is 6.43. The number of hydrogen-bond donors (Lipinski definition) is 0. The van der Waals surface area contributed by atoms with E-state index in [9.17, 15) is 18.5 Å². The van der Waals surface area contributed by atoms with Crippen molar-refractivity contribution >= 4 is 27.4 Å². The highest BCUT2D eigenvalue weighted by molar-refractivity contribution is 7.87. The molecule has 2 rings (SSSR count). The maximum atomic E-state index is 12.3. The minimum Gasteiger partial charge on any atom is -0.497 e. The highest BCUT2D eigenvalue weighted by Crippen LogP contribution is 2.31. The summed E-state index contributed by atoms with van der Waals surface area (Å²) in [5, 5.41) is 11.5. The third-order valence-corrected chi connectivity index (χ3v) is 4.69. The molecule has 2 aromatic rings. The number of methoxy groups -OCH3 is 1. The van der Waals surface area contributed by atoms with Gasteiger partial charge in [0.05, 0.1) is 18.1 Å². The Labute approximate surface area is 137 Å². The van der Waals surface area contributed by atoms with E-state index in [-0.39, 0.29) is 11.5 Å². The summed E-state index contributed by atoms with van der Waals surface area (Å²) in [7, 11) is -3.06. The van der Waals surface area contributed by atoms with Gasteiger partial charge in [-0.05, 0) is 42.8 Å². The number of rotatable bonds is 5. The average molecular weight is 358 g/mol. The number of aryl methyl sites for hydroxylation is 1. The van der Waals surface area contributed by atoms with Gasteiger partial charge in [-0.2, -0.15) is 8.42 Å².